The number of piperidine rings is 1. The Hall–Kier alpha value is -1.06. The monoisotopic (exact) mass is 277 g/mol. The molecule has 1 N–H and O–H groups in total. The van der Waals surface area contributed by atoms with Crippen LogP contribution in [0.25, 0.3) is 0 Å². The molecule has 1 saturated heterocycles. The van der Waals surface area contributed by atoms with Crippen LogP contribution in [0.2, 0.25) is 0 Å². The molecule has 2 rings (SSSR count). The second-order valence-corrected chi connectivity index (χ2v) is 6.15. The fraction of sp³-hybridized carbons (Fsp3) is 0.647. The van der Waals surface area contributed by atoms with Gasteiger partial charge in [-0.1, -0.05) is 19.1 Å². The highest BCUT2D eigenvalue weighted by Crippen LogP contribution is 2.21. The topological polar surface area (TPSA) is 32.7 Å². The van der Waals surface area contributed by atoms with Crippen molar-refractivity contribution in [1.82, 2.24) is 4.90 Å². The Balaban J connectivity index is 1.77. The maximum atomic E-state index is 10.1. The minimum Gasteiger partial charge on any atom is -0.491 e. The van der Waals surface area contributed by atoms with E-state index in [0.29, 0.717) is 6.61 Å². The number of likely N-dealkylation sites (tertiary alicyclic amines) is 1. The minimum atomic E-state index is -0.414. The molecule has 0 saturated carbocycles. The maximum absolute atomic E-state index is 10.1. The first-order chi connectivity index (χ1) is 9.56. The van der Waals surface area contributed by atoms with Gasteiger partial charge in [0.15, 0.2) is 0 Å². The number of aliphatic hydroxyl groups is 1. The maximum Gasteiger partial charge on any atom is 0.122 e. The number of hydrogen-bond acceptors (Lipinski definition) is 3. The summed E-state index contributed by atoms with van der Waals surface area (Å²) in [6.07, 6.45) is 2.07. The van der Waals surface area contributed by atoms with Crippen LogP contribution in [0.3, 0.4) is 0 Å². The second kappa shape index (κ2) is 7.09. The predicted octanol–water partition coefficient (Wildman–Crippen LogP) is 2.78. The zero-order valence-corrected chi connectivity index (χ0v) is 12.9. The van der Waals surface area contributed by atoms with Crippen molar-refractivity contribution in [1.29, 1.82) is 0 Å². The molecule has 0 aromatic heterocycles. The second-order valence-electron chi connectivity index (χ2n) is 6.15. The van der Waals surface area contributed by atoms with E-state index in [1.54, 1.807) is 0 Å². The zero-order valence-electron chi connectivity index (χ0n) is 12.9. The average Bonchev–Trinajstić information content (AvgIpc) is 2.43. The number of rotatable bonds is 5. The highest BCUT2D eigenvalue weighted by atomic mass is 16.5. The first-order valence-electron chi connectivity index (χ1n) is 7.65. The molecule has 3 heteroatoms. The summed E-state index contributed by atoms with van der Waals surface area (Å²) in [5.41, 5.74) is 2.38. The Morgan fingerprint density at radius 2 is 2.00 bits per heavy atom. The van der Waals surface area contributed by atoms with Gasteiger partial charge in [0.2, 0.25) is 0 Å². The van der Waals surface area contributed by atoms with Crippen LogP contribution in [0.4, 0.5) is 0 Å². The third kappa shape index (κ3) is 4.22. The van der Waals surface area contributed by atoms with Gasteiger partial charge in [0.1, 0.15) is 18.5 Å². The van der Waals surface area contributed by atoms with E-state index >= 15 is 0 Å². The summed E-state index contributed by atoms with van der Waals surface area (Å²) in [7, 11) is 0. The zero-order chi connectivity index (χ0) is 14.5. The molecule has 112 valence electrons. The van der Waals surface area contributed by atoms with Crippen molar-refractivity contribution in [2.45, 2.75) is 39.7 Å². The van der Waals surface area contributed by atoms with Gasteiger partial charge in [0, 0.05) is 6.54 Å². The van der Waals surface area contributed by atoms with Crippen LogP contribution in [-0.4, -0.2) is 42.4 Å². The summed E-state index contributed by atoms with van der Waals surface area (Å²) >= 11 is 0. The fourth-order valence-electron chi connectivity index (χ4n) is 2.66. The van der Waals surface area contributed by atoms with Crippen molar-refractivity contribution >= 4 is 0 Å². The van der Waals surface area contributed by atoms with Crippen LogP contribution < -0.4 is 4.74 Å². The van der Waals surface area contributed by atoms with Gasteiger partial charge in [0.25, 0.3) is 0 Å². The average molecular weight is 277 g/mol. The molecule has 0 bridgehead atoms. The minimum absolute atomic E-state index is 0.371. The van der Waals surface area contributed by atoms with E-state index in [2.05, 4.69) is 31.7 Å². The van der Waals surface area contributed by atoms with Crippen LogP contribution in [0, 0.1) is 19.8 Å². The summed E-state index contributed by atoms with van der Waals surface area (Å²) in [4.78, 5) is 2.34. The van der Waals surface area contributed by atoms with Gasteiger partial charge in [0.05, 0.1) is 0 Å². The molecule has 0 unspecified atom stereocenters. The summed E-state index contributed by atoms with van der Waals surface area (Å²) in [5.74, 6) is 1.71. The molecular formula is C17H27NO2. The number of hydrogen-bond donors (Lipinski definition) is 1. The van der Waals surface area contributed by atoms with E-state index in [0.717, 1.165) is 36.9 Å². The van der Waals surface area contributed by atoms with Gasteiger partial charge >= 0.3 is 0 Å². The van der Waals surface area contributed by atoms with Gasteiger partial charge in [-0.05, 0) is 62.9 Å². The quantitative estimate of drug-likeness (QED) is 0.898. The van der Waals surface area contributed by atoms with Crippen molar-refractivity contribution in [3.05, 3.63) is 29.3 Å². The van der Waals surface area contributed by atoms with Gasteiger partial charge < -0.3 is 14.7 Å². The third-order valence-electron chi connectivity index (χ3n) is 4.33. The summed E-state index contributed by atoms with van der Waals surface area (Å²) < 4.78 is 5.77. The van der Waals surface area contributed by atoms with Gasteiger partial charge in [-0.3, -0.25) is 0 Å². The molecule has 20 heavy (non-hydrogen) atoms. The van der Waals surface area contributed by atoms with Gasteiger partial charge in [-0.25, -0.2) is 0 Å². The number of aryl methyl sites for hydroxylation is 1. The number of nitrogens with zero attached hydrogens (tertiary/aromatic N) is 1. The van der Waals surface area contributed by atoms with Crippen LogP contribution in [0.1, 0.15) is 30.9 Å². The lowest BCUT2D eigenvalue weighted by atomic mass is 9.99. The lowest BCUT2D eigenvalue weighted by molar-refractivity contribution is 0.0561. The van der Waals surface area contributed by atoms with E-state index in [4.69, 9.17) is 4.74 Å². The molecule has 1 aromatic rings. The Morgan fingerprint density at radius 3 is 2.70 bits per heavy atom. The molecule has 1 fully saturated rings. The van der Waals surface area contributed by atoms with Crippen molar-refractivity contribution in [3.8, 4) is 5.75 Å². The molecule has 0 spiro atoms. The molecule has 1 aliphatic rings. The van der Waals surface area contributed by atoms with Gasteiger partial charge in [-0.2, -0.15) is 0 Å². The standard InChI is InChI=1S/C17H27NO2/c1-13-7-9-18(10-8-13)11-16(19)12-20-17-6-4-5-14(2)15(17)3/h4-6,13,16,19H,7-12H2,1-3H3/t16-/m1/s1. The number of β-amino-alcohol motifs (C(OH)–C–C–N with tert-alkyl or cyclic N) is 1. The molecule has 0 amide bonds. The Labute approximate surface area is 122 Å². The largest absolute Gasteiger partial charge is 0.491 e. The highest BCUT2D eigenvalue weighted by molar-refractivity contribution is 5.38. The summed E-state index contributed by atoms with van der Waals surface area (Å²) in [6.45, 7) is 9.73. The van der Waals surface area contributed by atoms with E-state index in [1.165, 1.54) is 18.4 Å². The van der Waals surface area contributed by atoms with Crippen molar-refractivity contribution in [3.63, 3.8) is 0 Å². The van der Waals surface area contributed by atoms with Crippen LogP contribution in [-0.2, 0) is 0 Å². The third-order valence-corrected chi connectivity index (χ3v) is 4.33. The van der Waals surface area contributed by atoms with Crippen molar-refractivity contribution in [2.75, 3.05) is 26.2 Å². The number of aliphatic hydroxyl groups excluding tert-OH is 1. The van der Waals surface area contributed by atoms with E-state index in [9.17, 15) is 5.11 Å². The van der Waals surface area contributed by atoms with Crippen LogP contribution in [0.5, 0.6) is 5.75 Å². The SMILES string of the molecule is Cc1cccc(OC[C@H](O)CN2CCC(C)CC2)c1C. The highest BCUT2D eigenvalue weighted by Gasteiger charge is 2.18. The molecule has 1 aromatic carbocycles. The van der Waals surface area contributed by atoms with E-state index in [-0.39, 0.29) is 0 Å². The Morgan fingerprint density at radius 1 is 1.30 bits per heavy atom. The first-order valence-corrected chi connectivity index (χ1v) is 7.65. The normalized spacial score (nSPS) is 19.0. The lowest BCUT2D eigenvalue weighted by Crippen LogP contribution is -2.40. The van der Waals surface area contributed by atoms with Crippen molar-refractivity contribution < 1.29 is 9.84 Å². The lowest BCUT2D eigenvalue weighted by Gasteiger charge is -2.31. The number of benzene rings is 1. The molecule has 1 heterocycles. The first kappa shape index (κ1) is 15.3. The van der Waals surface area contributed by atoms with Crippen LogP contribution >= 0.6 is 0 Å². The Bertz CT molecular complexity index is 425. The fourth-order valence-corrected chi connectivity index (χ4v) is 2.66. The van der Waals surface area contributed by atoms with E-state index < -0.39 is 6.10 Å². The van der Waals surface area contributed by atoms with E-state index in [1.807, 2.05) is 12.1 Å². The molecule has 0 aliphatic carbocycles. The molecule has 1 atom stereocenters. The summed E-state index contributed by atoms with van der Waals surface area (Å²) in [6, 6.07) is 6.04. The Kier molecular flexibility index (Phi) is 5.44. The molecule has 3 nitrogen and oxygen atoms in total. The van der Waals surface area contributed by atoms with Gasteiger partial charge in [-0.15, -0.1) is 0 Å². The smallest absolute Gasteiger partial charge is 0.122 e. The van der Waals surface area contributed by atoms with Crippen LogP contribution in [0.15, 0.2) is 18.2 Å². The summed E-state index contributed by atoms with van der Waals surface area (Å²) in [5, 5.41) is 10.1. The molecule has 0 radical (unpaired) electrons. The molecular weight excluding hydrogens is 250 g/mol. The van der Waals surface area contributed by atoms with Crippen molar-refractivity contribution in [2.24, 2.45) is 5.92 Å². The predicted molar refractivity (Wildman–Crippen MR) is 82.3 cm³/mol. The number of ether oxygens (including phenoxy) is 1. The molecule has 1 aliphatic heterocycles.